The van der Waals surface area contributed by atoms with Gasteiger partial charge in [-0.25, -0.2) is 0 Å². The van der Waals surface area contributed by atoms with Crippen LogP contribution in [0.1, 0.15) is 25.7 Å². The molecule has 0 saturated carbocycles. The Labute approximate surface area is 96.4 Å². The predicted octanol–water partition coefficient (Wildman–Crippen LogP) is 1.12. The van der Waals surface area contributed by atoms with Crippen LogP contribution in [-0.2, 0) is 9.59 Å². The summed E-state index contributed by atoms with van der Waals surface area (Å²) < 4.78 is 0. The van der Waals surface area contributed by atoms with E-state index in [0.717, 1.165) is 0 Å². The maximum Gasteiger partial charge on any atom is 0.220 e. The fourth-order valence-corrected chi connectivity index (χ4v) is 1.56. The van der Waals surface area contributed by atoms with E-state index in [2.05, 4.69) is 13.2 Å². The van der Waals surface area contributed by atoms with Crippen molar-refractivity contribution in [2.45, 2.75) is 25.7 Å². The van der Waals surface area contributed by atoms with Crippen LogP contribution in [0.4, 0.5) is 0 Å². The molecule has 4 nitrogen and oxygen atoms in total. The van der Waals surface area contributed by atoms with Crippen molar-refractivity contribution in [2.75, 3.05) is 0 Å². The van der Waals surface area contributed by atoms with Gasteiger partial charge in [-0.1, -0.05) is 12.2 Å². The van der Waals surface area contributed by atoms with Crippen LogP contribution in [0.25, 0.3) is 0 Å². The van der Waals surface area contributed by atoms with Gasteiger partial charge >= 0.3 is 0 Å². The van der Waals surface area contributed by atoms with Crippen LogP contribution >= 0.6 is 0 Å². The minimum absolute atomic E-state index is 0.260. The Hall–Kier alpha value is -1.58. The molecule has 0 aromatic rings. The average Bonchev–Trinajstić information content (AvgIpc) is 2.21. The molecule has 0 aliphatic carbocycles. The fourth-order valence-electron chi connectivity index (χ4n) is 1.56. The quantitative estimate of drug-likeness (QED) is 0.575. The number of allylic oxidation sites excluding steroid dienone is 2. The van der Waals surface area contributed by atoms with Gasteiger partial charge < -0.3 is 11.5 Å². The lowest BCUT2D eigenvalue weighted by molar-refractivity contribution is -0.124. The first kappa shape index (κ1) is 14.4. The molecular weight excluding hydrogens is 204 g/mol. The SMILES string of the molecule is C=CCC(CCC(CC=C)C(N)=O)C(N)=O. The third kappa shape index (κ3) is 5.34. The Kier molecular flexibility index (Phi) is 6.92. The van der Waals surface area contributed by atoms with E-state index in [1.807, 2.05) is 0 Å². The monoisotopic (exact) mass is 224 g/mol. The molecule has 2 amide bonds. The number of carbonyl (C=O) groups excluding carboxylic acids is 2. The van der Waals surface area contributed by atoms with Crippen LogP contribution in [0.15, 0.2) is 25.3 Å². The van der Waals surface area contributed by atoms with Crippen LogP contribution in [-0.4, -0.2) is 11.8 Å². The molecule has 90 valence electrons. The van der Waals surface area contributed by atoms with Crippen molar-refractivity contribution in [3.05, 3.63) is 25.3 Å². The molecule has 0 aromatic carbocycles. The second-order valence-electron chi connectivity index (χ2n) is 3.82. The highest BCUT2D eigenvalue weighted by molar-refractivity contribution is 5.78. The summed E-state index contributed by atoms with van der Waals surface area (Å²) in [6, 6.07) is 0. The van der Waals surface area contributed by atoms with Gasteiger partial charge in [0.25, 0.3) is 0 Å². The lowest BCUT2D eigenvalue weighted by Gasteiger charge is -2.15. The predicted molar refractivity (Wildman–Crippen MR) is 64.2 cm³/mol. The summed E-state index contributed by atoms with van der Waals surface area (Å²) in [5, 5.41) is 0. The van der Waals surface area contributed by atoms with E-state index in [-0.39, 0.29) is 23.7 Å². The van der Waals surface area contributed by atoms with Gasteiger partial charge in [-0.15, -0.1) is 13.2 Å². The Balaban J connectivity index is 4.24. The van der Waals surface area contributed by atoms with Crippen LogP contribution in [0.5, 0.6) is 0 Å². The Bertz CT molecular complexity index is 246. The number of primary amides is 2. The number of nitrogens with two attached hydrogens (primary N) is 2. The van der Waals surface area contributed by atoms with E-state index >= 15 is 0 Å². The first-order valence-corrected chi connectivity index (χ1v) is 5.33. The summed E-state index contributed by atoms with van der Waals surface area (Å²) in [6.45, 7) is 7.13. The van der Waals surface area contributed by atoms with Gasteiger partial charge in [0.05, 0.1) is 0 Å². The van der Waals surface area contributed by atoms with Crippen LogP contribution in [0.3, 0.4) is 0 Å². The number of rotatable bonds is 9. The van der Waals surface area contributed by atoms with E-state index in [9.17, 15) is 9.59 Å². The summed E-state index contributed by atoms with van der Waals surface area (Å²) in [4.78, 5) is 22.1. The van der Waals surface area contributed by atoms with E-state index in [1.54, 1.807) is 12.2 Å². The fraction of sp³-hybridized carbons (Fsp3) is 0.500. The molecule has 0 fully saturated rings. The lowest BCUT2D eigenvalue weighted by Crippen LogP contribution is -2.27. The van der Waals surface area contributed by atoms with Crippen LogP contribution < -0.4 is 11.5 Å². The van der Waals surface area contributed by atoms with Crippen LogP contribution in [0.2, 0.25) is 0 Å². The highest BCUT2D eigenvalue weighted by atomic mass is 16.1. The lowest BCUT2D eigenvalue weighted by atomic mass is 9.91. The molecule has 0 aromatic heterocycles. The molecule has 0 bridgehead atoms. The highest BCUT2D eigenvalue weighted by Crippen LogP contribution is 2.18. The topological polar surface area (TPSA) is 86.2 Å². The molecule has 0 heterocycles. The summed E-state index contributed by atoms with van der Waals surface area (Å²) in [6.07, 6.45) is 5.50. The van der Waals surface area contributed by atoms with Crippen molar-refractivity contribution >= 4 is 11.8 Å². The van der Waals surface area contributed by atoms with E-state index in [4.69, 9.17) is 11.5 Å². The minimum atomic E-state index is -0.360. The van der Waals surface area contributed by atoms with Gasteiger partial charge in [-0.3, -0.25) is 9.59 Å². The maximum atomic E-state index is 11.1. The minimum Gasteiger partial charge on any atom is -0.369 e. The van der Waals surface area contributed by atoms with Gasteiger partial charge in [0.2, 0.25) is 11.8 Å². The smallest absolute Gasteiger partial charge is 0.220 e. The van der Waals surface area contributed by atoms with Crippen molar-refractivity contribution in [1.82, 2.24) is 0 Å². The standard InChI is InChI=1S/C12H20N2O2/c1-3-5-9(11(13)15)7-8-10(6-4-2)12(14)16/h3-4,9-10H,1-2,5-8H2,(H2,13,15)(H2,14,16). The van der Waals surface area contributed by atoms with Gasteiger partial charge in [0, 0.05) is 11.8 Å². The van der Waals surface area contributed by atoms with E-state index in [1.165, 1.54) is 0 Å². The summed E-state index contributed by atoms with van der Waals surface area (Å²) in [7, 11) is 0. The van der Waals surface area contributed by atoms with Crippen molar-refractivity contribution in [1.29, 1.82) is 0 Å². The first-order valence-electron chi connectivity index (χ1n) is 5.33. The normalized spacial score (nSPS) is 13.8. The first-order chi connectivity index (χ1) is 7.52. The average molecular weight is 224 g/mol. The second kappa shape index (κ2) is 7.68. The number of hydrogen-bond donors (Lipinski definition) is 2. The van der Waals surface area contributed by atoms with Gasteiger partial charge in [-0.05, 0) is 25.7 Å². The third-order valence-electron chi connectivity index (χ3n) is 2.57. The molecular formula is C12H20N2O2. The van der Waals surface area contributed by atoms with E-state index in [0.29, 0.717) is 25.7 Å². The zero-order chi connectivity index (χ0) is 12.6. The summed E-state index contributed by atoms with van der Waals surface area (Å²) in [5.74, 6) is -1.24. The largest absolute Gasteiger partial charge is 0.369 e. The molecule has 0 spiro atoms. The Morgan fingerprint density at radius 1 is 0.938 bits per heavy atom. The third-order valence-corrected chi connectivity index (χ3v) is 2.57. The molecule has 4 N–H and O–H groups in total. The highest BCUT2D eigenvalue weighted by Gasteiger charge is 2.19. The number of amides is 2. The molecule has 2 atom stereocenters. The molecule has 0 radical (unpaired) electrons. The van der Waals surface area contributed by atoms with Crippen LogP contribution in [0, 0.1) is 11.8 Å². The zero-order valence-electron chi connectivity index (χ0n) is 9.52. The Morgan fingerprint density at radius 2 is 1.25 bits per heavy atom. The van der Waals surface area contributed by atoms with Gasteiger partial charge in [0.15, 0.2) is 0 Å². The summed E-state index contributed by atoms with van der Waals surface area (Å²) in [5.41, 5.74) is 10.5. The molecule has 4 heteroatoms. The molecule has 0 aliphatic heterocycles. The van der Waals surface area contributed by atoms with Crippen molar-refractivity contribution in [2.24, 2.45) is 23.3 Å². The van der Waals surface area contributed by atoms with Crippen molar-refractivity contribution < 1.29 is 9.59 Å². The molecule has 16 heavy (non-hydrogen) atoms. The molecule has 0 aliphatic rings. The zero-order valence-corrected chi connectivity index (χ0v) is 9.52. The molecule has 2 unspecified atom stereocenters. The second-order valence-corrected chi connectivity index (χ2v) is 3.82. The van der Waals surface area contributed by atoms with Crippen molar-refractivity contribution in [3.8, 4) is 0 Å². The van der Waals surface area contributed by atoms with Gasteiger partial charge in [-0.2, -0.15) is 0 Å². The Morgan fingerprint density at radius 3 is 1.44 bits per heavy atom. The van der Waals surface area contributed by atoms with Crippen molar-refractivity contribution in [3.63, 3.8) is 0 Å². The maximum absolute atomic E-state index is 11.1. The molecule has 0 rings (SSSR count). The van der Waals surface area contributed by atoms with Gasteiger partial charge in [0.1, 0.15) is 0 Å². The van der Waals surface area contributed by atoms with E-state index < -0.39 is 0 Å². The molecule has 0 saturated heterocycles. The number of carbonyl (C=O) groups is 2. The summed E-state index contributed by atoms with van der Waals surface area (Å²) >= 11 is 0. The number of hydrogen-bond acceptors (Lipinski definition) is 2.